The lowest BCUT2D eigenvalue weighted by Gasteiger charge is -2.05. The molecule has 5 nitrogen and oxygen atoms in total. The standard InChI is InChI=1S/C12H11ClN2O3/c1-6(13)12(17)15-9-7-4-2-3-5-8(7)18-10(9)11(14)16/h2-6H,1H3,(H2,14,16)(H,15,17). The zero-order valence-electron chi connectivity index (χ0n) is 9.57. The Bertz CT molecular complexity index is 619. The molecule has 1 unspecified atom stereocenters. The smallest absolute Gasteiger partial charge is 0.286 e. The number of amides is 2. The van der Waals surface area contributed by atoms with Gasteiger partial charge in [-0.1, -0.05) is 12.1 Å². The van der Waals surface area contributed by atoms with Crippen molar-refractivity contribution in [3.05, 3.63) is 30.0 Å². The van der Waals surface area contributed by atoms with Crippen LogP contribution in [0.25, 0.3) is 11.0 Å². The molecule has 0 aliphatic rings. The summed E-state index contributed by atoms with van der Waals surface area (Å²) in [4.78, 5) is 22.9. The van der Waals surface area contributed by atoms with Crippen LogP contribution in [0.4, 0.5) is 5.69 Å². The number of carbonyl (C=O) groups is 2. The predicted octanol–water partition coefficient (Wildman–Crippen LogP) is 2.10. The summed E-state index contributed by atoms with van der Waals surface area (Å²) in [6, 6.07) is 6.93. The molecule has 94 valence electrons. The molecule has 0 fully saturated rings. The van der Waals surface area contributed by atoms with Gasteiger partial charge in [-0.2, -0.15) is 0 Å². The van der Waals surface area contributed by atoms with E-state index >= 15 is 0 Å². The number of nitrogens with one attached hydrogen (secondary N) is 1. The van der Waals surface area contributed by atoms with Crippen LogP contribution in [0, 0.1) is 0 Å². The van der Waals surface area contributed by atoms with Gasteiger partial charge in [0.25, 0.3) is 5.91 Å². The second kappa shape index (κ2) is 4.70. The van der Waals surface area contributed by atoms with Crippen molar-refractivity contribution in [3.8, 4) is 0 Å². The molecule has 0 aliphatic carbocycles. The highest BCUT2D eigenvalue weighted by molar-refractivity contribution is 6.32. The average Bonchev–Trinajstić information content (AvgIpc) is 2.68. The van der Waals surface area contributed by atoms with Crippen molar-refractivity contribution in [2.24, 2.45) is 5.73 Å². The van der Waals surface area contributed by atoms with E-state index < -0.39 is 17.2 Å². The third-order valence-electron chi connectivity index (χ3n) is 2.43. The average molecular weight is 267 g/mol. The first-order chi connectivity index (χ1) is 8.50. The lowest BCUT2D eigenvalue weighted by molar-refractivity contribution is -0.115. The molecule has 6 heteroatoms. The number of carbonyl (C=O) groups excluding carboxylic acids is 2. The molecule has 0 radical (unpaired) electrons. The number of hydrogen-bond donors (Lipinski definition) is 2. The van der Waals surface area contributed by atoms with E-state index in [9.17, 15) is 9.59 Å². The SMILES string of the molecule is CC(Cl)C(=O)Nc1c(C(N)=O)oc2ccccc12. The minimum Gasteiger partial charge on any atom is -0.449 e. The molecule has 0 saturated carbocycles. The van der Waals surface area contributed by atoms with E-state index in [0.29, 0.717) is 11.0 Å². The number of alkyl halides is 1. The maximum Gasteiger partial charge on any atom is 0.286 e. The molecule has 1 aromatic carbocycles. The van der Waals surface area contributed by atoms with Crippen LogP contribution in [0.5, 0.6) is 0 Å². The molecule has 18 heavy (non-hydrogen) atoms. The second-order valence-corrected chi connectivity index (χ2v) is 4.43. The quantitative estimate of drug-likeness (QED) is 0.834. The van der Waals surface area contributed by atoms with Gasteiger partial charge in [-0.15, -0.1) is 11.6 Å². The molecule has 0 saturated heterocycles. The van der Waals surface area contributed by atoms with E-state index in [2.05, 4.69) is 5.32 Å². The number of nitrogens with two attached hydrogens (primary N) is 1. The minimum atomic E-state index is -0.747. The number of anilines is 1. The third kappa shape index (κ3) is 2.17. The van der Waals surface area contributed by atoms with Crippen LogP contribution in [0.3, 0.4) is 0 Å². The fraction of sp³-hybridized carbons (Fsp3) is 0.167. The Balaban J connectivity index is 2.55. The van der Waals surface area contributed by atoms with Crippen LogP contribution in [-0.4, -0.2) is 17.2 Å². The van der Waals surface area contributed by atoms with Crippen LogP contribution in [-0.2, 0) is 4.79 Å². The Morgan fingerprint density at radius 2 is 2.06 bits per heavy atom. The number of benzene rings is 1. The van der Waals surface area contributed by atoms with Crippen molar-refractivity contribution in [2.75, 3.05) is 5.32 Å². The van der Waals surface area contributed by atoms with E-state index in [-0.39, 0.29) is 11.4 Å². The van der Waals surface area contributed by atoms with Gasteiger partial charge in [0.1, 0.15) is 16.6 Å². The van der Waals surface area contributed by atoms with Crippen molar-refractivity contribution < 1.29 is 14.0 Å². The summed E-state index contributed by atoms with van der Waals surface area (Å²) in [5.41, 5.74) is 5.95. The first-order valence-electron chi connectivity index (χ1n) is 5.27. The molecule has 3 N–H and O–H groups in total. The Kier molecular flexibility index (Phi) is 3.25. The van der Waals surface area contributed by atoms with Crippen LogP contribution in [0.2, 0.25) is 0 Å². The first kappa shape index (κ1) is 12.4. The number of furan rings is 1. The van der Waals surface area contributed by atoms with Gasteiger partial charge in [0.15, 0.2) is 0 Å². The summed E-state index contributed by atoms with van der Waals surface area (Å²) >= 11 is 5.67. The highest BCUT2D eigenvalue weighted by Crippen LogP contribution is 2.30. The van der Waals surface area contributed by atoms with Crippen LogP contribution in [0.1, 0.15) is 17.5 Å². The predicted molar refractivity (Wildman–Crippen MR) is 68.7 cm³/mol. The highest BCUT2D eigenvalue weighted by atomic mass is 35.5. The van der Waals surface area contributed by atoms with E-state index in [0.717, 1.165) is 0 Å². The molecule has 0 spiro atoms. The summed E-state index contributed by atoms with van der Waals surface area (Å²) in [5.74, 6) is -1.25. The minimum absolute atomic E-state index is 0.0816. The lowest BCUT2D eigenvalue weighted by atomic mass is 10.2. The molecular formula is C12H11ClN2O3. The molecule has 2 amide bonds. The molecule has 0 bridgehead atoms. The lowest BCUT2D eigenvalue weighted by Crippen LogP contribution is -2.22. The molecule has 1 atom stereocenters. The molecule has 1 heterocycles. The fourth-order valence-corrected chi connectivity index (χ4v) is 1.62. The van der Waals surface area contributed by atoms with Crippen LogP contribution < -0.4 is 11.1 Å². The number of hydrogen-bond acceptors (Lipinski definition) is 3. The van der Waals surface area contributed by atoms with Gasteiger partial charge in [-0.25, -0.2) is 0 Å². The van der Waals surface area contributed by atoms with Crippen molar-refractivity contribution in [1.29, 1.82) is 0 Å². The van der Waals surface area contributed by atoms with Gasteiger partial charge >= 0.3 is 0 Å². The van der Waals surface area contributed by atoms with Crippen molar-refractivity contribution in [2.45, 2.75) is 12.3 Å². The molecule has 2 aromatic rings. The maximum atomic E-state index is 11.6. The van der Waals surface area contributed by atoms with Crippen molar-refractivity contribution in [3.63, 3.8) is 0 Å². The van der Waals surface area contributed by atoms with Crippen molar-refractivity contribution in [1.82, 2.24) is 0 Å². The Morgan fingerprint density at radius 1 is 1.39 bits per heavy atom. The number of rotatable bonds is 3. The number of fused-ring (bicyclic) bond motifs is 1. The molecular weight excluding hydrogens is 256 g/mol. The zero-order chi connectivity index (χ0) is 13.3. The summed E-state index contributed by atoms with van der Waals surface area (Å²) in [6.45, 7) is 1.53. The first-order valence-corrected chi connectivity index (χ1v) is 5.70. The third-order valence-corrected chi connectivity index (χ3v) is 2.63. The normalized spacial score (nSPS) is 12.3. The number of halogens is 1. The highest BCUT2D eigenvalue weighted by Gasteiger charge is 2.21. The van der Waals surface area contributed by atoms with Crippen LogP contribution >= 0.6 is 11.6 Å². The van der Waals surface area contributed by atoms with E-state index in [1.165, 1.54) is 6.92 Å². The topological polar surface area (TPSA) is 85.3 Å². The van der Waals surface area contributed by atoms with Gasteiger partial charge in [0.05, 0.1) is 0 Å². The van der Waals surface area contributed by atoms with Gasteiger partial charge in [-0.3, -0.25) is 9.59 Å². The number of para-hydroxylation sites is 1. The summed E-state index contributed by atoms with van der Waals surface area (Å²) < 4.78 is 5.31. The summed E-state index contributed by atoms with van der Waals surface area (Å²) in [7, 11) is 0. The second-order valence-electron chi connectivity index (χ2n) is 3.77. The van der Waals surface area contributed by atoms with Crippen LogP contribution in [0.15, 0.2) is 28.7 Å². The van der Waals surface area contributed by atoms with Crippen molar-refractivity contribution >= 4 is 40.1 Å². The molecule has 2 rings (SSSR count). The fourth-order valence-electron chi connectivity index (χ4n) is 1.57. The largest absolute Gasteiger partial charge is 0.449 e. The summed E-state index contributed by atoms with van der Waals surface area (Å²) in [6.07, 6.45) is 0. The Labute approximate surface area is 108 Å². The zero-order valence-corrected chi connectivity index (χ0v) is 10.3. The van der Waals surface area contributed by atoms with Gasteiger partial charge in [0, 0.05) is 5.39 Å². The Hall–Kier alpha value is -2.01. The van der Waals surface area contributed by atoms with E-state index in [1.54, 1.807) is 24.3 Å². The van der Waals surface area contributed by atoms with Gasteiger partial charge in [0.2, 0.25) is 11.7 Å². The molecule has 1 aromatic heterocycles. The van der Waals surface area contributed by atoms with E-state index in [1.807, 2.05) is 0 Å². The van der Waals surface area contributed by atoms with Gasteiger partial charge < -0.3 is 15.5 Å². The number of primary amides is 1. The maximum absolute atomic E-state index is 11.6. The monoisotopic (exact) mass is 266 g/mol. The van der Waals surface area contributed by atoms with Gasteiger partial charge in [-0.05, 0) is 19.1 Å². The summed E-state index contributed by atoms with van der Waals surface area (Å²) in [5, 5.41) is 2.43. The molecule has 0 aliphatic heterocycles. The Morgan fingerprint density at radius 3 is 2.67 bits per heavy atom. The van der Waals surface area contributed by atoms with E-state index in [4.69, 9.17) is 21.8 Å².